The Morgan fingerprint density at radius 2 is 2.00 bits per heavy atom. The van der Waals surface area contributed by atoms with Crippen LogP contribution in [-0.2, 0) is 0 Å². The first-order valence-electron chi connectivity index (χ1n) is 8.72. The molecule has 134 valence electrons. The number of nitrogens with one attached hydrogen (secondary N) is 1. The quantitative estimate of drug-likeness (QED) is 0.850. The molecule has 1 unspecified atom stereocenters. The molecule has 1 aromatic heterocycles. The molecule has 1 fully saturated rings. The Hall–Kier alpha value is -1.66. The van der Waals surface area contributed by atoms with E-state index < -0.39 is 0 Å². The Kier molecular flexibility index (Phi) is 6.18. The Morgan fingerprint density at radius 3 is 2.58 bits per heavy atom. The number of amides is 1. The van der Waals surface area contributed by atoms with E-state index >= 15 is 0 Å². The maximum absolute atomic E-state index is 12.8. The summed E-state index contributed by atoms with van der Waals surface area (Å²) >= 11 is 0. The van der Waals surface area contributed by atoms with Crippen LogP contribution in [0.4, 0.5) is 0 Å². The van der Waals surface area contributed by atoms with Crippen LogP contribution in [0.5, 0.6) is 0 Å². The number of hydrogen-bond acceptors (Lipinski definition) is 4. The molecule has 1 heterocycles. The average Bonchev–Trinajstić information content (AvgIpc) is 2.49. The van der Waals surface area contributed by atoms with E-state index in [0.29, 0.717) is 0 Å². The van der Waals surface area contributed by atoms with Crippen molar-refractivity contribution in [1.29, 1.82) is 0 Å². The molecule has 6 heteroatoms. The summed E-state index contributed by atoms with van der Waals surface area (Å²) in [5.74, 6) is -0.260. The predicted molar refractivity (Wildman–Crippen MR) is 96.4 cm³/mol. The Morgan fingerprint density at radius 1 is 1.38 bits per heavy atom. The van der Waals surface area contributed by atoms with Crippen molar-refractivity contribution < 1.29 is 4.79 Å². The highest BCUT2D eigenvalue weighted by atomic mass is 16.2. The Balaban J connectivity index is 2.19. The lowest BCUT2D eigenvalue weighted by Gasteiger charge is -2.27. The minimum Gasteiger partial charge on any atom is -0.349 e. The van der Waals surface area contributed by atoms with Crippen molar-refractivity contribution in [1.82, 2.24) is 14.8 Å². The molecule has 1 amide bonds. The first kappa shape index (κ1) is 18.7. The van der Waals surface area contributed by atoms with Crippen LogP contribution in [0.2, 0.25) is 0 Å². The standard InChI is InChI=1S/C18H30N4O2/c1-12-9-10-22(13(2)11-21(3)4)18(24)16(12)17(23)20-15-7-5-14(19)6-8-15/h9-10,13-15H,5-8,11,19H2,1-4H3,(H,20,23). The van der Waals surface area contributed by atoms with Gasteiger partial charge in [-0.3, -0.25) is 9.59 Å². The van der Waals surface area contributed by atoms with Gasteiger partial charge in [0.2, 0.25) is 0 Å². The molecule has 0 bridgehead atoms. The molecule has 1 atom stereocenters. The number of pyridine rings is 1. The third kappa shape index (κ3) is 4.45. The van der Waals surface area contributed by atoms with Crippen LogP contribution in [0.15, 0.2) is 17.1 Å². The van der Waals surface area contributed by atoms with Crippen molar-refractivity contribution in [3.8, 4) is 0 Å². The van der Waals surface area contributed by atoms with Crippen LogP contribution in [-0.4, -0.2) is 48.1 Å². The minimum atomic E-state index is -0.260. The number of rotatable bonds is 5. The molecule has 1 aliphatic carbocycles. The van der Waals surface area contributed by atoms with Gasteiger partial charge in [-0.1, -0.05) is 0 Å². The molecule has 0 radical (unpaired) electrons. The van der Waals surface area contributed by atoms with E-state index in [2.05, 4.69) is 5.32 Å². The van der Waals surface area contributed by atoms with Gasteiger partial charge >= 0.3 is 0 Å². The van der Waals surface area contributed by atoms with Crippen molar-refractivity contribution in [2.24, 2.45) is 5.73 Å². The molecule has 1 saturated carbocycles. The van der Waals surface area contributed by atoms with E-state index in [1.807, 2.05) is 38.9 Å². The molecule has 24 heavy (non-hydrogen) atoms. The minimum absolute atomic E-state index is 0.00679. The third-order valence-corrected chi connectivity index (χ3v) is 4.77. The fourth-order valence-electron chi connectivity index (χ4n) is 3.40. The van der Waals surface area contributed by atoms with Crippen LogP contribution in [0.1, 0.15) is 54.6 Å². The summed E-state index contributed by atoms with van der Waals surface area (Å²) in [6.45, 7) is 4.54. The zero-order valence-corrected chi connectivity index (χ0v) is 15.2. The van der Waals surface area contributed by atoms with E-state index in [9.17, 15) is 9.59 Å². The van der Waals surface area contributed by atoms with E-state index in [4.69, 9.17) is 5.73 Å². The second-order valence-corrected chi connectivity index (χ2v) is 7.28. The van der Waals surface area contributed by atoms with Gasteiger partial charge in [0.1, 0.15) is 5.56 Å². The van der Waals surface area contributed by atoms with Crippen LogP contribution in [0.25, 0.3) is 0 Å². The zero-order chi connectivity index (χ0) is 17.9. The molecule has 1 aliphatic rings. The number of nitrogens with zero attached hydrogens (tertiary/aromatic N) is 2. The summed E-state index contributed by atoms with van der Waals surface area (Å²) in [5, 5.41) is 3.03. The van der Waals surface area contributed by atoms with E-state index in [1.54, 1.807) is 10.8 Å². The van der Waals surface area contributed by atoms with Gasteiger partial charge in [-0.25, -0.2) is 0 Å². The fourth-order valence-corrected chi connectivity index (χ4v) is 3.40. The lowest BCUT2D eigenvalue weighted by atomic mass is 9.91. The molecule has 0 spiro atoms. The normalized spacial score (nSPS) is 22.4. The monoisotopic (exact) mass is 334 g/mol. The number of carbonyl (C=O) groups is 1. The van der Waals surface area contributed by atoms with Gasteiger partial charge in [0.05, 0.1) is 0 Å². The second kappa shape index (κ2) is 7.94. The summed E-state index contributed by atoms with van der Waals surface area (Å²) in [7, 11) is 3.94. The van der Waals surface area contributed by atoms with Gasteiger partial charge in [0.15, 0.2) is 0 Å². The van der Waals surface area contributed by atoms with Crippen LogP contribution in [0, 0.1) is 6.92 Å². The van der Waals surface area contributed by atoms with Gasteiger partial charge in [-0.15, -0.1) is 0 Å². The van der Waals surface area contributed by atoms with Crippen LogP contribution in [0.3, 0.4) is 0 Å². The predicted octanol–water partition coefficient (Wildman–Crippen LogP) is 1.28. The highest BCUT2D eigenvalue weighted by molar-refractivity contribution is 5.95. The van der Waals surface area contributed by atoms with Gasteiger partial charge in [-0.2, -0.15) is 0 Å². The molecule has 6 nitrogen and oxygen atoms in total. The summed E-state index contributed by atoms with van der Waals surface area (Å²) in [4.78, 5) is 27.5. The molecule has 0 saturated heterocycles. The molecular formula is C18H30N4O2. The Labute approximate surface area is 144 Å². The molecule has 1 aromatic rings. The van der Waals surface area contributed by atoms with Gasteiger partial charge < -0.3 is 20.5 Å². The van der Waals surface area contributed by atoms with Crippen LogP contribution >= 0.6 is 0 Å². The molecule has 0 aliphatic heterocycles. The molecule has 2 rings (SSSR count). The number of likely N-dealkylation sites (N-methyl/N-ethyl adjacent to an activating group) is 1. The highest BCUT2D eigenvalue weighted by Gasteiger charge is 2.23. The summed E-state index contributed by atoms with van der Waals surface area (Å²) < 4.78 is 1.65. The number of nitrogens with two attached hydrogens (primary N) is 1. The number of hydrogen-bond donors (Lipinski definition) is 2. The molecule has 0 aromatic carbocycles. The first-order valence-corrected chi connectivity index (χ1v) is 8.72. The largest absolute Gasteiger partial charge is 0.349 e. The average molecular weight is 334 g/mol. The van der Waals surface area contributed by atoms with Crippen molar-refractivity contribution in [3.05, 3.63) is 33.7 Å². The van der Waals surface area contributed by atoms with Crippen LogP contribution < -0.4 is 16.6 Å². The molecular weight excluding hydrogens is 304 g/mol. The van der Waals surface area contributed by atoms with Gasteiger partial charge in [0, 0.05) is 30.9 Å². The van der Waals surface area contributed by atoms with Gasteiger partial charge in [0.25, 0.3) is 11.5 Å². The lowest BCUT2D eigenvalue weighted by molar-refractivity contribution is 0.0923. The fraction of sp³-hybridized carbons (Fsp3) is 0.667. The van der Waals surface area contributed by atoms with Gasteiger partial charge in [-0.05, 0) is 65.3 Å². The first-order chi connectivity index (χ1) is 11.3. The number of aromatic nitrogens is 1. The van der Waals surface area contributed by atoms with E-state index in [1.165, 1.54) is 0 Å². The SMILES string of the molecule is Cc1ccn(C(C)CN(C)C)c(=O)c1C(=O)NC1CCC(N)CC1. The smallest absolute Gasteiger partial charge is 0.263 e. The maximum Gasteiger partial charge on any atom is 0.263 e. The zero-order valence-electron chi connectivity index (χ0n) is 15.2. The van der Waals surface area contributed by atoms with Crippen molar-refractivity contribution >= 4 is 5.91 Å². The topological polar surface area (TPSA) is 80.4 Å². The third-order valence-electron chi connectivity index (χ3n) is 4.77. The maximum atomic E-state index is 12.8. The number of aryl methyl sites for hydroxylation is 1. The number of carbonyl (C=O) groups excluding carboxylic acids is 1. The van der Waals surface area contributed by atoms with E-state index in [0.717, 1.165) is 37.8 Å². The lowest BCUT2D eigenvalue weighted by Crippen LogP contribution is -2.43. The second-order valence-electron chi connectivity index (χ2n) is 7.28. The van der Waals surface area contributed by atoms with Crippen molar-refractivity contribution in [3.63, 3.8) is 0 Å². The molecule has 3 N–H and O–H groups in total. The summed E-state index contributed by atoms with van der Waals surface area (Å²) in [6.07, 6.45) is 5.38. The summed E-state index contributed by atoms with van der Waals surface area (Å²) in [5.41, 5.74) is 6.68. The van der Waals surface area contributed by atoms with Crippen molar-refractivity contribution in [2.45, 2.75) is 57.7 Å². The summed E-state index contributed by atoms with van der Waals surface area (Å²) in [6, 6.07) is 2.20. The highest BCUT2D eigenvalue weighted by Crippen LogP contribution is 2.17. The van der Waals surface area contributed by atoms with E-state index in [-0.39, 0.29) is 35.2 Å². The van der Waals surface area contributed by atoms with Crippen molar-refractivity contribution in [2.75, 3.05) is 20.6 Å². The Bertz CT molecular complexity index is 630.